The second-order valence-corrected chi connectivity index (χ2v) is 7.01. The summed E-state index contributed by atoms with van der Waals surface area (Å²) in [4.78, 5) is 7.26. The van der Waals surface area contributed by atoms with Crippen LogP contribution in [0, 0.1) is 0 Å². The molecule has 6 nitrogen and oxygen atoms in total. The Hall–Kier alpha value is -0.850. The summed E-state index contributed by atoms with van der Waals surface area (Å²) in [6.45, 7) is 10.9. The highest BCUT2D eigenvalue weighted by Crippen LogP contribution is 2.09. The fourth-order valence-corrected chi connectivity index (χ4v) is 3.36. The van der Waals surface area contributed by atoms with Crippen LogP contribution in [0.4, 0.5) is 0 Å². The Morgan fingerprint density at radius 1 is 1.16 bits per heavy atom. The standard InChI is InChI=1S/C19H38N4O2/c1-2-20-19(22-11-8-15-25-18-9-16-24-17-18)21-10-7-14-23-12-5-3-4-6-13-23/h18H,2-17H2,1H3,(H2,20,21,22). The fraction of sp³-hybridized carbons (Fsp3) is 0.947. The molecule has 25 heavy (non-hydrogen) atoms. The summed E-state index contributed by atoms with van der Waals surface area (Å²) in [6.07, 6.45) is 9.02. The molecule has 2 rings (SSSR count). The van der Waals surface area contributed by atoms with Crippen LogP contribution >= 0.6 is 0 Å². The second-order valence-electron chi connectivity index (χ2n) is 7.01. The summed E-state index contributed by atoms with van der Waals surface area (Å²) >= 11 is 0. The Morgan fingerprint density at radius 2 is 2.00 bits per heavy atom. The third-order valence-electron chi connectivity index (χ3n) is 4.80. The van der Waals surface area contributed by atoms with Crippen molar-refractivity contribution in [2.45, 2.75) is 58.0 Å². The van der Waals surface area contributed by atoms with Crippen molar-refractivity contribution in [1.29, 1.82) is 0 Å². The summed E-state index contributed by atoms with van der Waals surface area (Å²) in [5.41, 5.74) is 0. The molecule has 0 aliphatic carbocycles. The summed E-state index contributed by atoms with van der Waals surface area (Å²) in [5.74, 6) is 0.933. The van der Waals surface area contributed by atoms with Gasteiger partial charge in [0.1, 0.15) is 0 Å². The SMILES string of the molecule is CCNC(=NCCCOC1CCOC1)NCCCN1CCCCCC1. The van der Waals surface area contributed by atoms with E-state index in [2.05, 4.69) is 27.4 Å². The first-order valence-electron chi connectivity index (χ1n) is 10.3. The Kier molecular flexibility index (Phi) is 10.9. The van der Waals surface area contributed by atoms with Crippen LogP contribution in [0.2, 0.25) is 0 Å². The predicted molar refractivity (Wildman–Crippen MR) is 103 cm³/mol. The molecule has 1 atom stereocenters. The molecule has 0 saturated carbocycles. The zero-order valence-electron chi connectivity index (χ0n) is 16.1. The number of hydrogen-bond acceptors (Lipinski definition) is 4. The molecule has 2 N–H and O–H groups in total. The van der Waals surface area contributed by atoms with Gasteiger partial charge in [0, 0.05) is 32.8 Å². The lowest BCUT2D eigenvalue weighted by Crippen LogP contribution is -2.39. The minimum absolute atomic E-state index is 0.300. The van der Waals surface area contributed by atoms with E-state index in [1.807, 2.05) is 0 Å². The molecule has 1 unspecified atom stereocenters. The van der Waals surface area contributed by atoms with Gasteiger partial charge in [0.15, 0.2) is 5.96 Å². The molecule has 2 heterocycles. The van der Waals surface area contributed by atoms with Gasteiger partial charge in [-0.05, 0) is 58.7 Å². The molecule has 6 heteroatoms. The van der Waals surface area contributed by atoms with E-state index in [0.29, 0.717) is 6.10 Å². The van der Waals surface area contributed by atoms with Crippen LogP contribution in [-0.4, -0.2) is 76.1 Å². The Morgan fingerprint density at radius 3 is 2.72 bits per heavy atom. The van der Waals surface area contributed by atoms with Gasteiger partial charge in [0.05, 0.1) is 12.7 Å². The summed E-state index contributed by atoms with van der Waals surface area (Å²) in [7, 11) is 0. The van der Waals surface area contributed by atoms with Crippen molar-refractivity contribution >= 4 is 5.96 Å². The molecule has 0 aromatic carbocycles. The van der Waals surface area contributed by atoms with Gasteiger partial charge in [-0.15, -0.1) is 0 Å². The highest BCUT2D eigenvalue weighted by atomic mass is 16.5. The molecule has 2 aliphatic rings. The van der Waals surface area contributed by atoms with E-state index in [-0.39, 0.29) is 0 Å². The fourth-order valence-electron chi connectivity index (χ4n) is 3.36. The second kappa shape index (κ2) is 13.4. The topological polar surface area (TPSA) is 58.1 Å². The number of guanidine groups is 1. The number of aliphatic imine (C=N–C) groups is 1. The highest BCUT2D eigenvalue weighted by Gasteiger charge is 2.15. The third kappa shape index (κ3) is 9.42. The zero-order chi connectivity index (χ0) is 17.6. The largest absolute Gasteiger partial charge is 0.379 e. The van der Waals surface area contributed by atoms with Crippen LogP contribution in [0.3, 0.4) is 0 Å². The Labute approximate surface area is 153 Å². The van der Waals surface area contributed by atoms with Crippen LogP contribution in [0.15, 0.2) is 4.99 Å². The zero-order valence-corrected chi connectivity index (χ0v) is 16.1. The van der Waals surface area contributed by atoms with Gasteiger partial charge >= 0.3 is 0 Å². The van der Waals surface area contributed by atoms with Crippen molar-refractivity contribution < 1.29 is 9.47 Å². The molecule has 0 bridgehead atoms. The lowest BCUT2D eigenvalue weighted by Gasteiger charge is -2.20. The van der Waals surface area contributed by atoms with Crippen molar-refractivity contribution in [2.75, 3.05) is 59.1 Å². The van der Waals surface area contributed by atoms with E-state index in [9.17, 15) is 0 Å². The maximum Gasteiger partial charge on any atom is 0.191 e. The molecule has 146 valence electrons. The van der Waals surface area contributed by atoms with Gasteiger partial charge in [-0.1, -0.05) is 12.8 Å². The monoisotopic (exact) mass is 354 g/mol. The van der Waals surface area contributed by atoms with Crippen LogP contribution in [0.5, 0.6) is 0 Å². The average molecular weight is 355 g/mol. The number of nitrogens with one attached hydrogen (secondary N) is 2. The smallest absolute Gasteiger partial charge is 0.191 e. The highest BCUT2D eigenvalue weighted by molar-refractivity contribution is 5.79. The van der Waals surface area contributed by atoms with Gasteiger partial charge in [-0.3, -0.25) is 4.99 Å². The Balaban J connectivity index is 1.53. The average Bonchev–Trinajstić information content (AvgIpc) is 3.00. The molecule has 0 amide bonds. The molecule has 0 radical (unpaired) electrons. The first-order chi connectivity index (χ1) is 12.4. The van der Waals surface area contributed by atoms with Gasteiger partial charge < -0.3 is 25.0 Å². The maximum absolute atomic E-state index is 5.78. The van der Waals surface area contributed by atoms with Gasteiger partial charge in [0.25, 0.3) is 0 Å². The minimum Gasteiger partial charge on any atom is -0.379 e. The van der Waals surface area contributed by atoms with Crippen molar-refractivity contribution in [3.05, 3.63) is 0 Å². The predicted octanol–water partition coefficient (Wildman–Crippen LogP) is 2.00. The summed E-state index contributed by atoms with van der Waals surface area (Å²) < 4.78 is 11.1. The molecule has 0 aromatic rings. The van der Waals surface area contributed by atoms with Crippen LogP contribution in [0.25, 0.3) is 0 Å². The number of ether oxygens (including phenoxy) is 2. The maximum atomic E-state index is 5.78. The van der Waals surface area contributed by atoms with E-state index in [4.69, 9.17) is 9.47 Å². The van der Waals surface area contributed by atoms with Crippen molar-refractivity contribution in [3.63, 3.8) is 0 Å². The summed E-state index contributed by atoms with van der Waals surface area (Å²) in [5, 5.41) is 6.79. The summed E-state index contributed by atoms with van der Waals surface area (Å²) in [6, 6.07) is 0. The number of hydrogen-bond donors (Lipinski definition) is 2. The van der Waals surface area contributed by atoms with E-state index in [1.165, 1.54) is 51.7 Å². The molecule has 2 fully saturated rings. The number of rotatable bonds is 10. The van der Waals surface area contributed by atoms with E-state index < -0.39 is 0 Å². The lowest BCUT2D eigenvalue weighted by molar-refractivity contribution is 0.0424. The quantitative estimate of drug-likeness (QED) is 0.357. The van der Waals surface area contributed by atoms with Crippen molar-refractivity contribution in [2.24, 2.45) is 4.99 Å². The molecule has 0 aromatic heterocycles. The Bertz CT molecular complexity index is 351. The molecule has 2 saturated heterocycles. The van der Waals surface area contributed by atoms with Crippen molar-refractivity contribution in [1.82, 2.24) is 15.5 Å². The molecule has 2 aliphatic heterocycles. The molecule has 0 spiro atoms. The van der Waals surface area contributed by atoms with E-state index in [0.717, 1.165) is 58.3 Å². The molecular weight excluding hydrogens is 316 g/mol. The number of likely N-dealkylation sites (tertiary alicyclic amines) is 1. The third-order valence-corrected chi connectivity index (χ3v) is 4.80. The number of nitrogens with zero attached hydrogens (tertiary/aromatic N) is 2. The van der Waals surface area contributed by atoms with Crippen LogP contribution < -0.4 is 10.6 Å². The van der Waals surface area contributed by atoms with Gasteiger partial charge in [-0.2, -0.15) is 0 Å². The van der Waals surface area contributed by atoms with E-state index in [1.54, 1.807) is 0 Å². The van der Waals surface area contributed by atoms with Crippen LogP contribution in [-0.2, 0) is 9.47 Å². The normalized spacial score (nSPS) is 22.8. The van der Waals surface area contributed by atoms with Gasteiger partial charge in [-0.25, -0.2) is 0 Å². The lowest BCUT2D eigenvalue weighted by atomic mass is 10.2. The minimum atomic E-state index is 0.300. The van der Waals surface area contributed by atoms with E-state index >= 15 is 0 Å². The van der Waals surface area contributed by atoms with Crippen LogP contribution in [0.1, 0.15) is 51.9 Å². The first-order valence-corrected chi connectivity index (χ1v) is 10.3. The first kappa shape index (κ1) is 20.5. The van der Waals surface area contributed by atoms with Gasteiger partial charge in [0.2, 0.25) is 0 Å². The van der Waals surface area contributed by atoms with Crippen molar-refractivity contribution in [3.8, 4) is 0 Å². The molecular formula is C19H38N4O2.